The predicted octanol–water partition coefficient (Wildman–Crippen LogP) is 1.32. The van der Waals surface area contributed by atoms with Crippen LogP contribution in [0.4, 0.5) is 0 Å². The second-order valence-corrected chi connectivity index (χ2v) is 3.55. The Morgan fingerprint density at radius 1 is 1.29 bits per heavy atom. The Hall–Kier alpha value is -2.04. The van der Waals surface area contributed by atoms with E-state index in [1.165, 1.54) is 33.3 Å². The van der Waals surface area contributed by atoms with Crippen LogP contribution in [0.3, 0.4) is 0 Å². The number of Topliss-reactive ketones (excluding diaryl/α,β-unsaturated/α-hetero) is 1. The Morgan fingerprint density at radius 3 is 2.41 bits per heavy atom. The Balaban J connectivity index is 3.26. The lowest BCUT2D eigenvalue weighted by Crippen LogP contribution is -2.06. The summed E-state index contributed by atoms with van der Waals surface area (Å²) < 4.78 is 9.56. The number of carbonyl (C=O) groups excluding carboxylic acids is 2. The fourth-order valence-corrected chi connectivity index (χ4v) is 1.48. The van der Waals surface area contributed by atoms with Crippen molar-refractivity contribution in [1.82, 2.24) is 0 Å². The maximum Gasteiger partial charge on any atom is 0.341 e. The van der Waals surface area contributed by atoms with Gasteiger partial charge in [-0.25, -0.2) is 4.79 Å². The Labute approximate surface area is 99.0 Å². The zero-order chi connectivity index (χ0) is 13.0. The largest absolute Gasteiger partial charge is 0.507 e. The van der Waals surface area contributed by atoms with Crippen LogP contribution in [0, 0.1) is 0 Å². The minimum Gasteiger partial charge on any atom is -0.507 e. The molecule has 5 nitrogen and oxygen atoms in total. The van der Waals surface area contributed by atoms with Gasteiger partial charge in [-0.15, -0.1) is 0 Å². The van der Waals surface area contributed by atoms with Gasteiger partial charge in [0.15, 0.2) is 0 Å². The number of methoxy groups -OCH3 is 2. The number of ketones is 1. The van der Waals surface area contributed by atoms with E-state index in [2.05, 4.69) is 4.74 Å². The van der Waals surface area contributed by atoms with Crippen molar-refractivity contribution in [2.75, 3.05) is 14.2 Å². The second kappa shape index (κ2) is 5.34. The molecule has 0 unspecified atom stereocenters. The second-order valence-electron chi connectivity index (χ2n) is 3.55. The summed E-state index contributed by atoms with van der Waals surface area (Å²) >= 11 is 0. The van der Waals surface area contributed by atoms with Crippen LogP contribution in [0.2, 0.25) is 0 Å². The smallest absolute Gasteiger partial charge is 0.341 e. The molecule has 5 heteroatoms. The highest BCUT2D eigenvalue weighted by Gasteiger charge is 2.16. The van der Waals surface area contributed by atoms with Crippen molar-refractivity contribution >= 4 is 11.8 Å². The van der Waals surface area contributed by atoms with Gasteiger partial charge in [0, 0.05) is 18.1 Å². The molecule has 0 aliphatic heterocycles. The normalized spacial score (nSPS) is 9.82. The molecule has 0 radical (unpaired) electrons. The van der Waals surface area contributed by atoms with E-state index in [9.17, 15) is 14.7 Å². The number of phenols is 1. The van der Waals surface area contributed by atoms with E-state index >= 15 is 0 Å². The number of hydrogen-bond donors (Lipinski definition) is 1. The molecule has 0 amide bonds. The number of hydrogen-bond acceptors (Lipinski definition) is 5. The van der Waals surface area contributed by atoms with Crippen LogP contribution in [0.15, 0.2) is 12.1 Å². The van der Waals surface area contributed by atoms with E-state index < -0.39 is 5.97 Å². The van der Waals surface area contributed by atoms with Crippen LogP contribution in [0.5, 0.6) is 11.5 Å². The Bertz CT molecular complexity index is 450. The molecule has 0 fully saturated rings. The molecule has 17 heavy (non-hydrogen) atoms. The molecular weight excluding hydrogens is 224 g/mol. The van der Waals surface area contributed by atoms with Gasteiger partial charge >= 0.3 is 5.97 Å². The molecule has 92 valence electrons. The molecule has 0 bridgehead atoms. The minimum absolute atomic E-state index is 0.0181. The summed E-state index contributed by atoms with van der Waals surface area (Å²) in [5.74, 6) is -0.592. The number of carbonyl (C=O) groups is 2. The van der Waals surface area contributed by atoms with Crippen molar-refractivity contribution in [2.24, 2.45) is 0 Å². The molecule has 0 aromatic heterocycles. The lowest BCUT2D eigenvalue weighted by atomic mass is 10.0. The number of esters is 1. The molecule has 0 heterocycles. The summed E-state index contributed by atoms with van der Waals surface area (Å²) in [5.41, 5.74) is 0.558. The van der Waals surface area contributed by atoms with Gasteiger partial charge in [0.05, 0.1) is 14.2 Å². The molecule has 0 spiro atoms. The van der Waals surface area contributed by atoms with Crippen molar-refractivity contribution in [3.63, 3.8) is 0 Å². The Kier molecular flexibility index (Phi) is 4.09. The fourth-order valence-electron chi connectivity index (χ4n) is 1.48. The van der Waals surface area contributed by atoms with Crippen LogP contribution in [-0.4, -0.2) is 31.1 Å². The van der Waals surface area contributed by atoms with Crippen LogP contribution in [0.25, 0.3) is 0 Å². The topological polar surface area (TPSA) is 72.8 Å². The monoisotopic (exact) mass is 238 g/mol. The van der Waals surface area contributed by atoms with Crippen LogP contribution in [0.1, 0.15) is 22.8 Å². The van der Waals surface area contributed by atoms with Gasteiger partial charge < -0.3 is 14.6 Å². The fraction of sp³-hybridized carbons (Fsp3) is 0.333. The quantitative estimate of drug-likeness (QED) is 0.801. The lowest BCUT2D eigenvalue weighted by Gasteiger charge is -2.10. The molecule has 0 saturated heterocycles. The number of aromatic hydroxyl groups is 1. The highest BCUT2D eigenvalue weighted by Crippen LogP contribution is 2.29. The first-order valence-electron chi connectivity index (χ1n) is 4.97. The van der Waals surface area contributed by atoms with Crippen LogP contribution >= 0.6 is 0 Å². The van der Waals surface area contributed by atoms with Gasteiger partial charge in [-0.2, -0.15) is 0 Å². The summed E-state index contributed by atoms with van der Waals surface area (Å²) in [6.45, 7) is 1.43. The van der Waals surface area contributed by atoms with Gasteiger partial charge in [-0.05, 0) is 13.0 Å². The van der Waals surface area contributed by atoms with E-state index in [0.29, 0.717) is 11.3 Å². The van der Waals surface area contributed by atoms with E-state index in [0.717, 1.165) is 0 Å². The summed E-state index contributed by atoms with van der Waals surface area (Å²) in [6.07, 6.45) is 0.132. The molecule has 1 aromatic carbocycles. The minimum atomic E-state index is -0.657. The molecule has 0 aliphatic rings. The van der Waals surface area contributed by atoms with Crippen molar-refractivity contribution < 1.29 is 24.2 Å². The average Bonchev–Trinajstić information content (AvgIpc) is 2.29. The third-order valence-corrected chi connectivity index (χ3v) is 2.24. The summed E-state index contributed by atoms with van der Waals surface area (Å²) in [4.78, 5) is 22.4. The zero-order valence-corrected chi connectivity index (χ0v) is 9.94. The number of ether oxygens (including phenoxy) is 2. The summed E-state index contributed by atoms with van der Waals surface area (Å²) in [6, 6.07) is 2.70. The van der Waals surface area contributed by atoms with Gasteiger partial charge in [0.1, 0.15) is 22.8 Å². The third kappa shape index (κ3) is 2.96. The Morgan fingerprint density at radius 2 is 1.94 bits per heavy atom. The SMILES string of the molecule is COC(=O)c1cc(CC(C)=O)c(OC)cc1O. The average molecular weight is 238 g/mol. The number of rotatable bonds is 4. The first-order valence-corrected chi connectivity index (χ1v) is 4.97. The molecule has 1 rings (SSSR count). The van der Waals surface area contributed by atoms with E-state index in [-0.39, 0.29) is 23.5 Å². The zero-order valence-electron chi connectivity index (χ0n) is 9.94. The highest BCUT2D eigenvalue weighted by molar-refractivity contribution is 5.93. The van der Waals surface area contributed by atoms with Gasteiger partial charge in [0.25, 0.3) is 0 Å². The molecule has 0 saturated carbocycles. The van der Waals surface area contributed by atoms with E-state index in [1.807, 2.05) is 0 Å². The van der Waals surface area contributed by atoms with Crippen molar-refractivity contribution in [2.45, 2.75) is 13.3 Å². The summed E-state index contributed by atoms with van der Waals surface area (Å²) in [7, 11) is 2.65. The molecule has 0 aliphatic carbocycles. The molecular formula is C12H14O5. The van der Waals surface area contributed by atoms with Crippen molar-refractivity contribution in [1.29, 1.82) is 0 Å². The van der Waals surface area contributed by atoms with E-state index in [4.69, 9.17) is 4.74 Å². The molecule has 1 aromatic rings. The number of phenolic OH excluding ortho intramolecular Hbond substituents is 1. The van der Waals surface area contributed by atoms with E-state index in [1.54, 1.807) is 0 Å². The summed E-state index contributed by atoms with van der Waals surface area (Å²) in [5, 5.41) is 9.62. The van der Waals surface area contributed by atoms with Crippen molar-refractivity contribution in [3.8, 4) is 11.5 Å². The van der Waals surface area contributed by atoms with Crippen LogP contribution < -0.4 is 4.74 Å². The van der Waals surface area contributed by atoms with Gasteiger partial charge in [0.2, 0.25) is 0 Å². The van der Waals surface area contributed by atoms with Crippen LogP contribution in [-0.2, 0) is 16.0 Å². The first kappa shape index (κ1) is 13.0. The maximum absolute atomic E-state index is 11.4. The highest BCUT2D eigenvalue weighted by atomic mass is 16.5. The standard InChI is InChI=1S/C12H14O5/c1-7(13)4-8-5-9(12(15)17-3)10(14)6-11(8)16-2/h5-6,14H,4H2,1-3H3. The predicted molar refractivity (Wildman–Crippen MR) is 60.4 cm³/mol. The van der Waals surface area contributed by atoms with Gasteiger partial charge in [-0.3, -0.25) is 4.79 Å². The van der Waals surface area contributed by atoms with Crippen molar-refractivity contribution in [3.05, 3.63) is 23.3 Å². The third-order valence-electron chi connectivity index (χ3n) is 2.24. The first-order chi connectivity index (χ1) is 7.99. The maximum atomic E-state index is 11.4. The molecule has 0 atom stereocenters. The lowest BCUT2D eigenvalue weighted by molar-refractivity contribution is -0.116. The molecule has 1 N–H and O–H groups in total. The number of benzene rings is 1. The van der Waals surface area contributed by atoms with Gasteiger partial charge in [-0.1, -0.05) is 0 Å².